The molecule has 9 nitrogen and oxygen atoms in total. The number of halogens is 2. The highest BCUT2D eigenvalue weighted by Gasteiger charge is 2.14. The first-order chi connectivity index (χ1) is 17.6. The Balaban J connectivity index is 0.00000380. The summed E-state index contributed by atoms with van der Waals surface area (Å²) in [6, 6.07) is 19.3. The summed E-state index contributed by atoms with van der Waals surface area (Å²) in [7, 11) is 11.1. The molecule has 0 heterocycles. The van der Waals surface area contributed by atoms with Crippen LogP contribution in [0.15, 0.2) is 76.7 Å². The van der Waals surface area contributed by atoms with E-state index in [1.807, 2.05) is 62.3 Å². The van der Waals surface area contributed by atoms with Gasteiger partial charge in [0.15, 0.2) is 0 Å². The highest BCUT2D eigenvalue weighted by molar-refractivity contribution is 6.10. The van der Waals surface area contributed by atoms with Gasteiger partial charge in [0.05, 0.1) is 0 Å². The average molecular weight is 573 g/mol. The van der Waals surface area contributed by atoms with Gasteiger partial charge in [0, 0.05) is 81.6 Å². The molecule has 39 heavy (non-hydrogen) atoms. The third kappa shape index (κ3) is 8.46. The third-order valence-corrected chi connectivity index (χ3v) is 5.55. The van der Waals surface area contributed by atoms with Gasteiger partial charge >= 0.3 is 0 Å². The molecule has 0 radical (unpaired) electrons. The lowest BCUT2D eigenvalue weighted by Crippen LogP contribution is -2.23. The number of hydrogen-bond acceptors (Lipinski definition) is 5. The van der Waals surface area contributed by atoms with E-state index in [0.29, 0.717) is 17.1 Å². The van der Waals surface area contributed by atoms with Crippen LogP contribution in [0.4, 0.5) is 17.1 Å². The van der Waals surface area contributed by atoms with Crippen molar-refractivity contribution < 1.29 is 9.59 Å². The summed E-state index contributed by atoms with van der Waals surface area (Å²) in [5, 5.41) is 5.70. The van der Waals surface area contributed by atoms with Crippen LogP contribution in [0, 0.1) is 0 Å². The maximum Gasteiger partial charge on any atom is 0.255 e. The number of nitrogens with one attached hydrogen (secondary N) is 2. The zero-order valence-corrected chi connectivity index (χ0v) is 24.5. The molecule has 3 aromatic carbocycles. The summed E-state index contributed by atoms with van der Waals surface area (Å²) in [4.78, 5) is 38.2. The van der Waals surface area contributed by atoms with Crippen LogP contribution in [0.5, 0.6) is 0 Å². The standard InChI is InChI=1S/C28H33N7O2.2ClH/c1-30-25(34(3)4)18-7-11-23(12-8-18)32-27(36)20-15-21(17-22(29)16-20)28(37)33-24-13-9-19(10-14-24)26(31-2)35(5)6;;/h7-17H,29H2,1-6H3,(H,32,36)(H,33,37);2*1H. The van der Waals surface area contributed by atoms with Gasteiger partial charge in [-0.1, -0.05) is 0 Å². The van der Waals surface area contributed by atoms with Crippen molar-refractivity contribution in [3.63, 3.8) is 0 Å². The second-order valence-corrected chi connectivity index (χ2v) is 8.79. The van der Waals surface area contributed by atoms with Crippen molar-refractivity contribution in [3.8, 4) is 0 Å². The number of amidine groups is 2. The van der Waals surface area contributed by atoms with E-state index in [1.54, 1.807) is 38.4 Å². The smallest absolute Gasteiger partial charge is 0.255 e. The molecule has 3 aromatic rings. The number of nitrogen functional groups attached to an aromatic ring is 1. The van der Waals surface area contributed by atoms with E-state index in [4.69, 9.17) is 5.73 Å². The van der Waals surface area contributed by atoms with E-state index in [2.05, 4.69) is 20.6 Å². The van der Waals surface area contributed by atoms with Crippen LogP contribution >= 0.6 is 24.8 Å². The van der Waals surface area contributed by atoms with E-state index in [1.165, 1.54) is 18.2 Å². The largest absolute Gasteiger partial charge is 0.399 e. The molecule has 0 aromatic heterocycles. The Kier molecular flexibility index (Phi) is 12.5. The molecule has 0 bridgehead atoms. The molecule has 0 saturated carbocycles. The minimum Gasteiger partial charge on any atom is -0.399 e. The van der Waals surface area contributed by atoms with Crippen molar-refractivity contribution in [3.05, 3.63) is 89.0 Å². The summed E-state index contributed by atoms with van der Waals surface area (Å²) >= 11 is 0. The molecular weight excluding hydrogens is 537 g/mol. The predicted molar refractivity (Wildman–Crippen MR) is 166 cm³/mol. The lowest BCUT2D eigenvalue weighted by Gasteiger charge is -2.16. The molecule has 2 amide bonds. The first-order valence-electron chi connectivity index (χ1n) is 11.6. The van der Waals surface area contributed by atoms with Gasteiger partial charge in [-0.2, -0.15) is 0 Å². The fourth-order valence-electron chi connectivity index (χ4n) is 3.90. The minimum absolute atomic E-state index is 0. The minimum atomic E-state index is -0.370. The lowest BCUT2D eigenvalue weighted by molar-refractivity contribution is 0.102. The Labute approximate surface area is 242 Å². The predicted octanol–water partition coefficient (Wildman–Crippen LogP) is 4.49. The number of carbonyl (C=O) groups is 2. The van der Waals surface area contributed by atoms with Crippen molar-refractivity contribution in [1.82, 2.24) is 9.80 Å². The molecule has 0 unspecified atom stereocenters. The Hall–Kier alpha value is -4.08. The Morgan fingerprint density at radius 2 is 0.949 bits per heavy atom. The monoisotopic (exact) mass is 571 g/mol. The van der Waals surface area contributed by atoms with Gasteiger partial charge < -0.3 is 26.2 Å². The van der Waals surface area contributed by atoms with Gasteiger partial charge in [0.1, 0.15) is 11.7 Å². The number of carbonyl (C=O) groups excluding carboxylic acids is 2. The number of amides is 2. The van der Waals surface area contributed by atoms with E-state index >= 15 is 0 Å². The van der Waals surface area contributed by atoms with E-state index in [0.717, 1.165) is 22.8 Å². The number of aliphatic imine (C=N–C) groups is 2. The number of benzene rings is 3. The van der Waals surface area contributed by atoms with Crippen LogP contribution in [0.25, 0.3) is 0 Å². The Bertz CT molecular complexity index is 1240. The number of anilines is 3. The zero-order chi connectivity index (χ0) is 27.1. The molecule has 0 atom stereocenters. The average Bonchev–Trinajstić information content (AvgIpc) is 2.86. The second kappa shape index (κ2) is 14.8. The van der Waals surface area contributed by atoms with Crippen LogP contribution in [0.2, 0.25) is 0 Å². The van der Waals surface area contributed by atoms with Crippen molar-refractivity contribution in [1.29, 1.82) is 0 Å². The number of nitrogens with two attached hydrogens (primary N) is 1. The van der Waals surface area contributed by atoms with Crippen LogP contribution in [-0.4, -0.2) is 75.6 Å². The molecule has 0 fully saturated rings. The summed E-state index contributed by atoms with van der Waals surface area (Å²) in [5.74, 6) is 0.919. The van der Waals surface area contributed by atoms with Gasteiger partial charge in [-0.15, -0.1) is 24.8 Å². The molecule has 3 rings (SSSR count). The topological polar surface area (TPSA) is 115 Å². The first kappa shape index (κ1) is 32.9. The fourth-order valence-corrected chi connectivity index (χ4v) is 3.90. The molecule has 0 aliphatic rings. The zero-order valence-electron chi connectivity index (χ0n) is 22.9. The van der Waals surface area contributed by atoms with Crippen LogP contribution < -0.4 is 16.4 Å². The maximum atomic E-state index is 12.9. The molecule has 208 valence electrons. The van der Waals surface area contributed by atoms with Crippen LogP contribution in [-0.2, 0) is 0 Å². The summed E-state index contributed by atoms with van der Waals surface area (Å²) in [5.41, 5.74) is 9.99. The van der Waals surface area contributed by atoms with Gasteiger partial charge in [-0.05, 0) is 66.7 Å². The molecule has 0 saturated heterocycles. The summed E-state index contributed by atoms with van der Waals surface area (Å²) in [6.45, 7) is 0. The lowest BCUT2D eigenvalue weighted by atomic mass is 10.1. The second-order valence-electron chi connectivity index (χ2n) is 8.79. The van der Waals surface area contributed by atoms with Crippen molar-refractivity contribution in [2.24, 2.45) is 9.98 Å². The van der Waals surface area contributed by atoms with Crippen LogP contribution in [0.3, 0.4) is 0 Å². The van der Waals surface area contributed by atoms with E-state index in [9.17, 15) is 9.59 Å². The van der Waals surface area contributed by atoms with Crippen molar-refractivity contribution >= 4 is 65.4 Å². The number of hydrogen-bond donors (Lipinski definition) is 3. The SMILES string of the molecule is CN=C(c1ccc(NC(=O)c2cc(N)cc(C(=O)Nc3ccc(C(=NC)N(C)C)cc3)c2)cc1)N(C)C.Cl.Cl. The van der Waals surface area contributed by atoms with Crippen molar-refractivity contribution in [2.45, 2.75) is 0 Å². The number of rotatable bonds is 6. The van der Waals surface area contributed by atoms with Crippen LogP contribution in [0.1, 0.15) is 31.8 Å². The molecule has 11 heteroatoms. The summed E-state index contributed by atoms with van der Waals surface area (Å²) in [6.07, 6.45) is 0. The molecule has 0 aliphatic heterocycles. The van der Waals surface area contributed by atoms with Gasteiger partial charge in [0.2, 0.25) is 0 Å². The summed E-state index contributed by atoms with van der Waals surface area (Å²) < 4.78 is 0. The Morgan fingerprint density at radius 1 is 0.615 bits per heavy atom. The fraction of sp³-hybridized carbons (Fsp3) is 0.214. The van der Waals surface area contributed by atoms with Gasteiger partial charge in [0.25, 0.3) is 11.8 Å². The maximum absolute atomic E-state index is 12.9. The molecule has 0 spiro atoms. The molecule has 4 N–H and O–H groups in total. The van der Waals surface area contributed by atoms with E-state index in [-0.39, 0.29) is 47.8 Å². The molecule has 0 aliphatic carbocycles. The number of nitrogens with zero attached hydrogens (tertiary/aromatic N) is 4. The van der Waals surface area contributed by atoms with E-state index < -0.39 is 0 Å². The quantitative estimate of drug-likeness (QED) is 0.229. The highest BCUT2D eigenvalue weighted by atomic mass is 35.5. The third-order valence-electron chi connectivity index (χ3n) is 5.55. The van der Waals surface area contributed by atoms with Gasteiger partial charge in [-0.25, -0.2) is 0 Å². The van der Waals surface area contributed by atoms with Crippen molar-refractivity contribution in [2.75, 3.05) is 58.7 Å². The normalized spacial score (nSPS) is 11.0. The first-order valence-corrected chi connectivity index (χ1v) is 11.6. The highest BCUT2D eigenvalue weighted by Crippen LogP contribution is 2.18. The molecular formula is C28H35Cl2N7O2. The van der Waals surface area contributed by atoms with Gasteiger partial charge in [-0.3, -0.25) is 19.6 Å². The Morgan fingerprint density at radius 3 is 1.23 bits per heavy atom.